The maximum atomic E-state index is 3.58. The molecule has 0 bridgehead atoms. The summed E-state index contributed by atoms with van der Waals surface area (Å²) in [5.41, 5.74) is 0. The Morgan fingerprint density at radius 3 is 2.90 bits per heavy atom. The first-order valence-corrected chi connectivity index (χ1v) is 3.97. The molecule has 0 nitrogen and oxygen atoms in total. The fraction of sp³-hybridized carbons (Fsp3) is 0. The van der Waals surface area contributed by atoms with E-state index in [2.05, 4.69) is 24.4 Å². The molecule has 0 unspecified atom stereocenters. The summed E-state index contributed by atoms with van der Waals surface area (Å²) < 4.78 is 0. The van der Waals surface area contributed by atoms with Crippen LogP contribution in [0.2, 0.25) is 0 Å². The van der Waals surface area contributed by atoms with Crippen molar-refractivity contribution >= 4 is 11.3 Å². The van der Waals surface area contributed by atoms with Crippen LogP contribution in [-0.4, -0.2) is 0 Å². The van der Waals surface area contributed by atoms with E-state index in [1.165, 1.54) is 4.88 Å². The normalized spacial score (nSPS) is 10.4. The highest BCUT2D eigenvalue weighted by atomic mass is 32.1. The summed E-state index contributed by atoms with van der Waals surface area (Å²) in [5, 5.41) is 2.06. The number of thiophene rings is 1. The SMILES string of the molecule is C=CC=C[CH]c1cccs1. The van der Waals surface area contributed by atoms with Gasteiger partial charge in [-0.1, -0.05) is 30.9 Å². The number of hydrogen-bond donors (Lipinski definition) is 0. The van der Waals surface area contributed by atoms with Crippen LogP contribution in [-0.2, 0) is 0 Å². The highest BCUT2D eigenvalue weighted by Gasteiger charge is 1.86. The average molecular weight is 149 g/mol. The van der Waals surface area contributed by atoms with Crippen molar-refractivity contribution in [1.82, 2.24) is 0 Å². The molecule has 1 aromatic heterocycles. The van der Waals surface area contributed by atoms with Gasteiger partial charge in [0.05, 0.1) is 0 Å². The molecule has 0 atom stereocenters. The van der Waals surface area contributed by atoms with Crippen molar-refractivity contribution in [2.45, 2.75) is 0 Å². The quantitative estimate of drug-likeness (QED) is 0.579. The zero-order chi connectivity index (χ0) is 7.23. The van der Waals surface area contributed by atoms with E-state index >= 15 is 0 Å². The lowest BCUT2D eigenvalue weighted by molar-refractivity contribution is 1.68. The Bertz CT molecular complexity index is 207. The van der Waals surface area contributed by atoms with Gasteiger partial charge in [0.2, 0.25) is 0 Å². The van der Waals surface area contributed by atoms with Crippen molar-refractivity contribution < 1.29 is 0 Å². The Hall–Kier alpha value is -0.820. The number of hydrogen-bond acceptors (Lipinski definition) is 1. The molecule has 0 aliphatic heterocycles. The van der Waals surface area contributed by atoms with Gasteiger partial charge < -0.3 is 0 Å². The predicted octanol–water partition coefficient (Wildman–Crippen LogP) is 3.04. The van der Waals surface area contributed by atoms with E-state index in [1.807, 2.05) is 18.2 Å². The van der Waals surface area contributed by atoms with Crippen LogP contribution in [0.4, 0.5) is 0 Å². The maximum Gasteiger partial charge on any atom is 0.0227 e. The van der Waals surface area contributed by atoms with E-state index in [-0.39, 0.29) is 0 Å². The maximum absolute atomic E-state index is 3.58. The second-order valence-electron chi connectivity index (χ2n) is 1.80. The molecular formula is C9H9S. The van der Waals surface area contributed by atoms with Gasteiger partial charge in [0.1, 0.15) is 0 Å². The minimum Gasteiger partial charge on any atom is -0.148 e. The van der Waals surface area contributed by atoms with Gasteiger partial charge in [-0.15, -0.1) is 11.3 Å². The molecule has 51 valence electrons. The molecule has 0 spiro atoms. The summed E-state index contributed by atoms with van der Waals surface area (Å²) in [4.78, 5) is 1.28. The highest BCUT2D eigenvalue weighted by molar-refractivity contribution is 7.10. The molecule has 0 saturated carbocycles. The van der Waals surface area contributed by atoms with Gasteiger partial charge in [0.25, 0.3) is 0 Å². The Morgan fingerprint density at radius 1 is 1.40 bits per heavy atom. The van der Waals surface area contributed by atoms with E-state index in [0.29, 0.717) is 0 Å². The van der Waals surface area contributed by atoms with Crippen molar-refractivity contribution in [2.24, 2.45) is 0 Å². The van der Waals surface area contributed by atoms with Gasteiger partial charge in [-0.3, -0.25) is 0 Å². The second kappa shape index (κ2) is 4.07. The van der Waals surface area contributed by atoms with Crippen LogP contribution in [0.3, 0.4) is 0 Å². The minimum absolute atomic E-state index is 1.28. The van der Waals surface area contributed by atoms with Crippen molar-refractivity contribution in [3.8, 4) is 0 Å². The summed E-state index contributed by atoms with van der Waals surface area (Å²) in [6.07, 6.45) is 7.73. The third-order valence-corrected chi connectivity index (χ3v) is 1.89. The van der Waals surface area contributed by atoms with Crippen LogP contribution < -0.4 is 0 Å². The molecule has 1 heterocycles. The fourth-order valence-corrected chi connectivity index (χ4v) is 1.24. The summed E-state index contributed by atoms with van der Waals surface area (Å²) in [7, 11) is 0. The molecular weight excluding hydrogens is 140 g/mol. The van der Waals surface area contributed by atoms with Crippen LogP contribution in [0.15, 0.2) is 42.3 Å². The first-order chi connectivity index (χ1) is 4.93. The van der Waals surface area contributed by atoms with Gasteiger partial charge in [-0.25, -0.2) is 0 Å². The molecule has 0 N–H and O–H groups in total. The number of allylic oxidation sites excluding steroid dienone is 3. The summed E-state index contributed by atoms with van der Waals surface area (Å²) in [6.45, 7) is 3.58. The van der Waals surface area contributed by atoms with Crippen molar-refractivity contribution in [3.63, 3.8) is 0 Å². The third-order valence-electron chi connectivity index (χ3n) is 1.05. The summed E-state index contributed by atoms with van der Waals surface area (Å²) in [5.74, 6) is 0. The topological polar surface area (TPSA) is 0 Å². The lowest BCUT2D eigenvalue weighted by atomic mass is 10.3. The smallest absolute Gasteiger partial charge is 0.0227 e. The number of rotatable bonds is 3. The Morgan fingerprint density at radius 2 is 2.30 bits per heavy atom. The molecule has 0 aliphatic rings. The summed E-state index contributed by atoms with van der Waals surface area (Å²) in [6, 6.07) is 4.12. The molecule has 10 heavy (non-hydrogen) atoms. The summed E-state index contributed by atoms with van der Waals surface area (Å²) >= 11 is 1.73. The minimum atomic E-state index is 1.28. The van der Waals surface area contributed by atoms with Crippen LogP contribution in [0.1, 0.15) is 4.88 Å². The molecule has 0 aliphatic carbocycles. The van der Waals surface area contributed by atoms with Crippen LogP contribution in [0.25, 0.3) is 0 Å². The van der Waals surface area contributed by atoms with Crippen LogP contribution >= 0.6 is 11.3 Å². The molecule has 0 saturated heterocycles. The lowest BCUT2D eigenvalue weighted by Crippen LogP contribution is -1.64. The third kappa shape index (κ3) is 2.19. The van der Waals surface area contributed by atoms with Crippen LogP contribution in [0, 0.1) is 6.42 Å². The molecule has 1 aromatic rings. The molecule has 0 amide bonds. The van der Waals surface area contributed by atoms with Crippen LogP contribution in [0.5, 0.6) is 0 Å². The Balaban J connectivity index is 2.41. The van der Waals surface area contributed by atoms with Gasteiger partial charge in [-0.2, -0.15) is 0 Å². The van der Waals surface area contributed by atoms with E-state index < -0.39 is 0 Å². The van der Waals surface area contributed by atoms with Crippen molar-refractivity contribution in [3.05, 3.63) is 53.6 Å². The van der Waals surface area contributed by atoms with Gasteiger partial charge in [0.15, 0.2) is 0 Å². The van der Waals surface area contributed by atoms with E-state index in [9.17, 15) is 0 Å². The fourth-order valence-electron chi connectivity index (χ4n) is 0.615. The zero-order valence-electron chi connectivity index (χ0n) is 5.66. The largest absolute Gasteiger partial charge is 0.148 e. The predicted molar refractivity (Wildman–Crippen MR) is 47.1 cm³/mol. The van der Waals surface area contributed by atoms with Crippen molar-refractivity contribution in [2.75, 3.05) is 0 Å². The van der Waals surface area contributed by atoms with E-state index in [1.54, 1.807) is 17.4 Å². The first kappa shape index (κ1) is 7.29. The lowest BCUT2D eigenvalue weighted by Gasteiger charge is -1.83. The van der Waals surface area contributed by atoms with Gasteiger partial charge in [-0.05, 0) is 11.4 Å². The Labute approximate surface area is 65.5 Å². The monoisotopic (exact) mass is 149 g/mol. The van der Waals surface area contributed by atoms with E-state index in [0.717, 1.165) is 0 Å². The first-order valence-electron chi connectivity index (χ1n) is 3.09. The highest BCUT2D eigenvalue weighted by Crippen LogP contribution is 2.10. The standard InChI is InChI=1S/C9H9S/c1-2-3-4-6-9-7-5-8-10-9/h2-8H,1H2. The molecule has 1 rings (SSSR count). The Kier molecular flexibility index (Phi) is 2.97. The average Bonchev–Trinajstić information content (AvgIpc) is 2.41. The van der Waals surface area contributed by atoms with Crippen molar-refractivity contribution in [1.29, 1.82) is 0 Å². The molecule has 1 heteroatoms. The van der Waals surface area contributed by atoms with Gasteiger partial charge >= 0.3 is 0 Å². The zero-order valence-corrected chi connectivity index (χ0v) is 6.47. The molecule has 1 radical (unpaired) electrons. The second-order valence-corrected chi connectivity index (χ2v) is 2.78. The molecule has 0 fully saturated rings. The van der Waals surface area contributed by atoms with E-state index in [4.69, 9.17) is 0 Å². The molecule has 0 aromatic carbocycles. The van der Waals surface area contributed by atoms with Gasteiger partial charge in [0, 0.05) is 11.3 Å².